The lowest BCUT2D eigenvalue weighted by Gasteiger charge is -2.16. The Hall–Kier alpha value is -2.73. The second-order valence-corrected chi connectivity index (χ2v) is 8.01. The molecule has 0 aliphatic heterocycles. The molecule has 3 aromatic rings. The van der Waals surface area contributed by atoms with Gasteiger partial charge < -0.3 is 11.2 Å². The Morgan fingerprint density at radius 1 is 1.15 bits per heavy atom. The highest BCUT2D eigenvalue weighted by molar-refractivity contribution is 8.00. The van der Waals surface area contributed by atoms with Gasteiger partial charge >= 0.3 is 0 Å². The van der Waals surface area contributed by atoms with Gasteiger partial charge in [0.05, 0.1) is 17.1 Å². The molecule has 0 aliphatic rings. The van der Waals surface area contributed by atoms with E-state index < -0.39 is 0 Å². The standard InChI is InChI=1S/C21H24N4OS/c1-13-10-14(2)19(15(3)11-13)24-20(26)16(4)27-21-23-18(12-25(21)22)17-8-6-5-7-9-17/h5-12,16H,22H2,1-4H3,(H,24,26). The number of amides is 1. The number of nitrogens with zero attached hydrogens (tertiary/aromatic N) is 2. The lowest BCUT2D eigenvalue weighted by atomic mass is 10.1. The quantitative estimate of drug-likeness (QED) is 0.511. The SMILES string of the molecule is Cc1cc(C)c(NC(=O)C(C)Sc2nc(-c3ccccc3)cn2N)c(C)c1. The largest absolute Gasteiger partial charge is 0.337 e. The monoisotopic (exact) mass is 380 g/mol. The second-order valence-electron chi connectivity index (χ2n) is 6.71. The molecule has 0 aliphatic carbocycles. The Kier molecular flexibility index (Phi) is 5.56. The number of thioether (sulfide) groups is 1. The van der Waals surface area contributed by atoms with Gasteiger partial charge in [-0.1, -0.05) is 59.8 Å². The molecule has 0 fully saturated rings. The summed E-state index contributed by atoms with van der Waals surface area (Å²) in [5.74, 6) is 5.98. The van der Waals surface area contributed by atoms with Crippen LogP contribution in [-0.2, 0) is 4.79 Å². The summed E-state index contributed by atoms with van der Waals surface area (Å²) < 4.78 is 1.47. The summed E-state index contributed by atoms with van der Waals surface area (Å²) in [5, 5.41) is 3.32. The molecule has 5 nitrogen and oxygen atoms in total. The third kappa shape index (κ3) is 4.34. The first kappa shape index (κ1) is 19.0. The second kappa shape index (κ2) is 7.88. The highest BCUT2D eigenvalue weighted by Crippen LogP contribution is 2.28. The van der Waals surface area contributed by atoms with E-state index in [9.17, 15) is 4.79 Å². The van der Waals surface area contributed by atoms with Crippen LogP contribution in [0.4, 0.5) is 5.69 Å². The van der Waals surface area contributed by atoms with Gasteiger partial charge in [0.2, 0.25) is 5.91 Å². The molecule has 140 valence electrons. The summed E-state index contributed by atoms with van der Waals surface area (Å²) >= 11 is 1.34. The van der Waals surface area contributed by atoms with Crippen molar-refractivity contribution >= 4 is 23.4 Å². The Labute approximate surface area is 164 Å². The maximum absolute atomic E-state index is 12.7. The molecule has 0 saturated carbocycles. The lowest BCUT2D eigenvalue weighted by Crippen LogP contribution is -2.24. The number of aryl methyl sites for hydroxylation is 3. The van der Waals surface area contributed by atoms with E-state index in [2.05, 4.69) is 29.4 Å². The van der Waals surface area contributed by atoms with Crippen LogP contribution in [0.5, 0.6) is 0 Å². The van der Waals surface area contributed by atoms with Gasteiger partial charge in [0.1, 0.15) is 0 Å². The fourth-order valence-corrected chi connectivity index (χ4v) is 3.83. The van der Waals surface area contributed by atoms with E-state index in [1.807, 2.05) is 51.1 Å². The molecule has 6 heteroatoms. The molecule has 0 spiro atoms. The summed E-state index contributed by atoms with van der Waals surface area (Å²) in [6.45, 7) is 7.92. The zero-order chi connectivity index (χ0) is 19.6. The zero-order valence-electron chi connectivity index (χ0n) is 16.0. The Bertz CT molecular complexity index is 943. The minimum Gasteiger partial charge on any atom is -0.337 e. The first-order chi connectivity index (χ1) is 12.8. The third-order valence-electron chi connectivity index (χ3n) is 4.34. The molecule has 3 rings (SSSR count). The number of hydrogen-bond acceptors (Lipinski definition) is 4. The van der Waals surface area contributed by atoms with Crippen molar-refractivity contribution in [3.8, 4) is 11.3 Å². The van der Waals surface area contributed by atoms with Crippen molar-refractivity contribution in [2.75, 3.05) is 11.2 Å². The third-order valence-corrected chi connectivity index (χ3v) is 5.43. The van der Waals surface area contributed by atoms with Crippen molar-refractivity contribution in [2.45, 2.75) is 38.1 Å². The Morgan fingerprint density at radius 2 is 1.78 bits per heavy atom. The molecule has 1 heterocycles. The Balaban J connectivity index is 1.73. The van der Waals surface area contributed by atoms with Crippen molar-refractivity contribution in [3.63, 3.8) is 0 Å². The van der Waals surface area contributed by atoms with Crippen molar-refractivity contribution in [1.82, 2.24) is 9.66 Å². The van der Waals surface area contributed by atoms with Gasteiger partial charge in [-0.2, -0.15) is 0 Å². The zero-order valence-corrected chi connectivity index (χ0v) is 16.8. The summed E-state index contributed by atoms with van der Waals surface area (Å²) in [5.41, 5.74) is 5.96. The number of nitrogen functional groups attached to an aromatic ring is 1. The smallest absolute Gasteiger partial charge is 0.237 e. The Morgan fingerprint density at radius 3 is 2.41 bits per heavy atom. The van der Waals surface area contributed by atoms with E-state index in [1.165, 1.54) is 22.0 Å². The number of benzene rings is 2. The molecule has 0 saturated heterocycles. The van der Waals surface area contributed by atoms with Crippen molar-refractivity contribution in [2.24, 2.45) is 0 Å². The average Bonchev–Trinajstić information content (AvgIpc) is 2.99. The molecule has 27 heavy (non-hydrogen) atoms. The number of carbonyl (C=O) groups is 1. The van der Waals surface area contributed by atoms with Gasteiger partial charge in [0, 0.05) is 11.3 Å². The molecular formula is C21H24N4OS. The highest BCUT2D eigenvalue weighted by Gasteiger charge is 2.20. The lowest BCUT2D eigenvalue weighted by molar-refractivity contribution is -0.115. The summed E-state index contributed by atoms with van der Waals surface area (Å²) in [4.78, 5) is 17.3. The van der Waals surface area contributed by atoms with Crippen LogP contribution in [0, 0.1) is 20.8 Å². The van der Waals surface area contributed by atoms with E-state index in [4.69, 9.17) is 5.84 Å². The minimum atomic E-state index is -0.335. The van der Waals surface area contributed by atoms with Crippen LogP contribution in [0.2, 0.25) is 0 Å². The van der Waals surface area contributed by atoms with Gasteiger partial charge in [0.15, 0.2) is 5.16 Å². The van der Waals surface area contributed by atoms with Crippen LogP contribution in [-0.4, -0.2) is 20.8 Å². The number of carbonyl (C=O) groups excluding carboxylic acids is 1. The van der Waals surface area contributed by atoms with Gasteiger partial charge in [0.25, 0.3) is 0 Å². The number of hydrogen-bond donors (Lipinski definition) is 2. The predicted molar refractivity (Wildman–Crippen MR) is 112 cm³/mol. The van der Waals surface area contributed by atoms with Crippen molar-refractivity contribution in [1.29, 1.82) is 0 Å². The molecule has 1 aromatic heterocycles. The number of nitrogens with one attached hydrogen (secondary N) is 1. The van der Waals surface area contributed by atoms with Crippen LogP contribution in [0.3, 0.4) is 0 Å². The maximum Gasteiger partial charge on any atom is 0.237 e. The van der Waals surface area contributed by atoms with Crippen LogP contribution in [0.15, 0.2) is 53.8 Å². The predicted octanol–water partition coefficient (Wildman–Crippen LogP) is 4.31. The number of aromatic nitrogens is 2. The molecule has 1 amide bonds. The average molecular weight is 381 g/mol. The van der Waals surface area contributed by atoms with Crippen LogP contribution >= 0.6 is 11.8 Å². The molecule has 1 unspecified atom stereocenters. The molecule has 2 aromatic carbocycles. The topological polar surface area (TPSA) is 72.9 Å². The molecule has 0 bridgehead atoms. The van der Waals surface area contributed by atoms with Gasteiger partial charge in [-0.3, -0.25) is 4.79 Å². The molecule has 3 N–H and O–H groups in total. The number of nitrogens with two attached hydrogens (primary N) is 1. The van der Waals surface area contributed by atoms with Crippen LogP contribution in [0.1, 0.15) is 23.6 Å². The van der Waals surface area contributed by atoms with Gasteiger partial charge in [-0.15, -0.1) is 0 Å². The number of rotatable bonds is 5. The van der Waals surface area contributed by atoms with Crippen molar-refractivity contribution in [3.05, 3.63) is 65.4 Å². The molecule has 1 atom stereocenters. The van der Waals surface area contributed by atoms with E-state index >= 15 is 0 Å². The maximum atomic E-state index is 12.7. The minimum absolute atomic E-state index is 0.0701. The molecular weight excluding hydrogens is 356 g/mol. The van der Waals surface area contributed by atoms with E-state index in [0.29, 0.717) is 5.16 Å². The number of imidazole rings is 1. The van der Waals surface area contributed by atoms with Gasteiger partial charge in [-0.25, -0.2) is 9.66 Å². The van der Waals surface area contributed by atoms with E-state index in [-0.39, 0.29) is 11.2 Å². The summed E-state index contributed by atoms with van der Waals surface area (Å²) in [7, 11) is 0. The summed E-state index contributed by atoms with van der Waals surface area (Å²) in [6, 6.07) is 14.0. The van der Waals surface area contributed by atoms with E-state index in [0.717, 1.165) is 28.1 Å². The highest BCUT2D eigenvalue weighted by atomic mass is 32.2. The molecule has 0 radical (unpaired) electrons. The van der Waals surface area contributed by atoms with Crippen LogP contribution in [0.25, 0.3) is 11.3 Å². The number of anilines is 1. The normalized spacial score (nSPS) is 12.0. The van der Waals surface area contributed by atoms with Crippen molar-refractivity contribution < 1.29 is 4.79 Å². The fourth-order valence-electron chi connectivity index (χ4n) is 3.03. The van der Waals surface area contributed by atoms with Gasteiger partial charge in [-0.05, 0) is 38.8 Å². The van der Waals surface area contributed by atoms with Crippen LogP contribution < -0.4 is 11.2 Å². The first-order valence-corrected chi connectivity index (χ1v) is 9.68. The van der Waals surface area contributed by atoms with E-state index in [1.54, 1.807) is 6.20 Å². The summed E-state index contributed by atoms with van der Waals surface area (Å²) in [6.07, 6.45) is 1.77. The first-order valence-electron chi connectivity index (χ1n) is 8.80. The fraction of sp³-hybridized carbons (Fsp3) is 0.238.